The molecule has 0 amide bonds. The maximum absolute atomic E-state index is 11.2. The van der Waals surface area contributed by atoms with Gasteiger partial charge in [0.2, 0.25) is 10.0 Å². The van der Waals surface area contributed by atoms with Gasteiger partial charge in [0, 0.05) is 38.6 Å². The fourth-order valence-corrected chi connectivity index (χ4v) is 2.60. The van der Waals surface area contributed by atoms with Crippen LogP contribution in [-0.2, 0) is 10.0 Å². The lowest BCUT2D eigenvalue weighted by Gasteiger charge is -2.36. The van der Waals surface area contributed by atoms with E-state index in [2.05, 4.69) is 15.6 Å². The van der Waals surface area contributed by atoms with Crippen molar-refractivity contribution >= 4 is 40.0 Å². The molecule has 108 valence electrons. The molecule has 0 bridgehead atoms. The van der Waals surface area contributed by atoms with Crippen LogP contribution in [0.3, 0.4) is 0 Å². The van der Waals surface area contributed by atoms with Gasteiger partial charge in [0.05, 0.1) is 6.26 Å². The highest BCUT2D eigenvalue weighted by molar-refractivity contribution is 14.0. The average Bonchev–Trinajstić information content (AvgIpc) is 2.13. The zero-order valence-electron chi connectivity index (χ0n) is 11.1. The number of guanidine groups is 1. The summed E-state index contributed by atoms with van der Waals surface area (Å²) in [6.45, 7) is 7.53. The number of rotatable bonds is 5. The smallest absolute Gasteiger partial charge is 0.211 e. The van der Waals surface area contributed by atoms with Crippen molar-refractivity contribution in [3.05, 3.63) is 0 Å². The van der Waals surface area contributed by atoms with Crippen LogP contribution in [0, 0.1) is 5.92 Å². The summed E-state index contributed by atoms with van der Waals surface area (Å²) in [5.74, 6) is 1.14. The molecule has 18 heavy (non-hydrogen) atoms. The largest absolute Gasteiger partial charge is 0.357 e. The van der Waals surface area contributed by atoms with Gasteiger partial charge in [0.1, 0.15) is 0 Å². The van der Waals surface area contributed by atoms with Gasteiger partial charge in [0.25, 0.3) is 0 Å². The number of aliphatic imine (C=N–C) groups is 1. The lowest BCUT2D eigenvalue weighted by Crippen LogP contribution is -2.51. The van der Waals surface area contributed by atoms with Gasteiger partial charge >= 0.3 is 0 Å². The van der Waals surface area contributed by atoms with Crippen LogP contribution in [0.1, 0.15) is 13.8 Å². The van der Waals surface area contributed by atoms with E-state index in [9.17, 15) is 8.42 Å². The van der Waals surface area contributed by atoms with Crippen LogP contribution in [0.4, 0.5) is 0 Å². The van der Waals surface area contributed by atoms with Crippen molar-refractivity contribution in [2.24, 2.45) is 10.9 Å². The number of nitrogens with one attached hydrogen (secondary N) is 2. The summed E-state index contributed by atoms with van der Waals surface area (Å²) in [5, 5.41) is 6.27. The minimum Gasteiger partial charge on any atom is -0.357 e. The fraction of sp³-hybridized carbons (Fsp3) is 0.900. The Balaban J connectivity index is 0.00000289. The maximum atomic E-state index is 11.2. The lowest BCUT2D eigenvalue weighted by molar-refractivity contribution is 0.209. The molecule has 8 heteroatoms. The molecule has 6 nitrogen and oxygen atoms in total. The number of halogens is 1. The van der Waals surface area contributed by atoms with Crippen LogP contribution in [-0.4, -0.2) is 57.7 Å². The third-order valence-corrected chi connectivity index (χ3v) is 3.82. The molecule has 0 atom stereocenters. The van der Waals surface area contributed by atoms with Crippen molar-refractivity contribution in [1.29, 1.82) is 0 Å². The van der Waals surface area contributed by atoms with Gasteiger partial charge in [-0.25, -0.2) is 12.7 Å². The van der Waals surface area contributed by atoms with E-state index in [1.165, 1.54) is 10.6 Å². The molecule has 0 aliphatic carbocycles. The molecule has 1 saturated heterocycles. The standard InChI is InChI=1S/C10H22N4O2S.HI/c1-4-11-10(12-5-2)13-6-9-7-14(8-9)17(3,15)16;/h9H,4-8H2,1-3H3,(H2,11,12,13);1H. The molecule has 1 heterocycles. The zero-order valence-corrected chi connectivity index (χ0v) is 14.3. The second-order valence-electron chi connectivity index (χ2n) is 4.20. The molecule has 1 rings (SSSR count). The fourth-order valence-electron chi connectivity index (χ4n) is 1.64. The summed E-state index contributed by atoms with van der Waals surface area (Å²) >= 11 is 0. The van der Waals surface area contributed by atoms with Gasteiger partial charge < -0.3 is 10.6 Å². The third kappa shape index (κ3) is 5.70. The van der Waals surface area contributed by atoms with E-state index >= 15 is 0 Å². The van der Waals surface area contributed by atoms with Crippen LogP contribution in [0.15, 0.2) is 4.99 Å². The molecular weight excluding hydrogens is 367 g/mol. The number of sulfonamides is 1. The Labute approximate surface area is 127 Å². The Kier molecular flexibility index (Phi) is 8.11. The highest BCUT2D eigenvalue weighted by atomic mass is 127. The molecule has 1 aliphatic heterocycles. The summed E-state index contributed by atoms with van der Waals surface area (Å²) in [5.41, 5.74) is 0. The van der Waals surface area contributed by atoms with E-state index in [-0.39, 0.29) is 24.0 Å². The summed E-state index contributed by atoms with van der Waals surface area (Å²) in [6, 6.07) is 0. The number of nitrogens with zero attached hydrogens (tertiary/aromatic N) is 2. The topological polar surface area (TPSA) is 73.8 Å². The van der Waals surface area contributed by atoms with Crippen molar-refractivity contribution in [3.63, 3.8) is 0 Å². The zero-order chi connectivity index (χ0) is 12.9. The average molecular weight is 390 g/mol. The van der Waals surface area contributed by atoms with Crippen LogP contribution >= 0.6 is 24.0 Å². The van der Waals surface area contributed by atoms with Gasteiger partial charge in [-0.2, -0.15) is 0 Å². The Morgan fingerprint density at radius 1 is 1.28 bits per heavy atom. The quantitative estimate of drug-likeness (QED) is 0.396. The van der Waals surface area contributed by atoms with Crippen molar-refractivity contribution in [3.8, 4) is 0 Å². The minimum absolute atomic E-state index is 0. The van der Waals surface area contributed by atoms with Crippen LogP contribution < -0.4 is 10.6 Å². The molecule has 1 aliphatic rings. The molecule has 0 radical (unpaired) electrons. The van der Waals surface area contributed by atoms with Gasteiger partial charge in [-0.1, -0.05) is 0 Å². The molecule has 2 N–H and O–H groups in total. The highest BCUT2D eigenvalue weighted by Crippen LogP contribution is 2.18. The van der Waals surface area contributed by atoms with E-state index in [1.807, 2.05) is 13.8 Å². The first-order chi connectivity index (χ1) is 7.97. The second kappa shape index (κ2) is 8.16. The Bertz CT molecular complexity index is 358. The highest BCUT2D eigenvalue weighted by Gasteiger charge is 2.32. The third-order valence-electron chi connectivity index (χ3n) is 2.59. The van der Waals surface area contributed by atoms with Gasteiger partial charge in [-0.15, -0.1) is 24.0 Å². The Morgan fingerprint density at radius 2 is 1.78 bits per heavy atom. The monoisotopic (exact) mass is 390 g/mol. The summed E-state index contributed by atoms with van der Waals surface area (Å²) in [7, 11) is -3.00. The maximum Gasteiger partial charge on any atom is 0.211 e. The van der Waals surface area contributed by atoms with Crippen molar-refractivity contribution in [1.82, 2.24) is 14.9 Å². The number of hydrogen-bond acceptors (Lipinski definition) is 3. The van der Waals surface area contributed by atoms with Gasteiger partial charge in [-0.05, 0) is 13.8 Å². The Morgan fingerprint density at radius 3 is 2.17 bits per heavy atom. The number of hydrogen-bond donors (Lipinski definition) is 2. The normalized spacial score (nSPS) is 16.4. The molecule has 0 aromatic carbocycles. The molecule has 0 unspecified atom stereocenters. The molecule has 0 aromatic heterocycles. The van der Waals surface area contributed by atoms with E-state index in [0.717, 1.165) is 19.0 Å². The van der Waals surface area contributed by atoms with E-state index in [1.54, 1.807) is 0 Å². The SMILES string of the molecule is CCNC(=NCC1CN(S(C)(=O)=O)C1)NCC.I. The van der Waals surface area contributed by atoms with Crippen LogP contribution in [0.5, 0.6) is 0 Å². The van der Waals surface area contributed by atoms with E-state index in [0.29, 0.717) is 25.6 Å². The predicted molar refractivity (Wildman–Crippen MR) is 85.0 cm³/mol. The van der Waals surface area contributed by atoms with Crippen molar-refractivity contribution < 1.29 is 8.42 Å². The molecular formula is C10H23IN4O2S. The van der Waals surface area contributed by atoms with Gasteiger partial charge in [-0.3, -0.25) is 4.99 Å². The van der Waals surface area contributed by atoms with E-state index < -0.39 is 10.0 Å². The summed E-state index contributed by atoms with van der Waals surface area (Å²) in [4.78, 5) is 4.41. The first kappa shape index (κ1) is 17.9. The van der Waals surface area contributed by atoms with Crippen molar-refractivity contribution in [2.45, 2.75) is 13.8 Å². The summed E-state index contributed by atoms with van der Waals surface area (Å²) in [6.07, 6.45) is 1.25. The first-order valence-electron chi connectivity index (χ1n) is 5.94. The minimum atomic E-state index is -3.00. The second-order valence-corrected chi connectivity index (χ2v) is 6.18. The molecule has 0 saturated carbocycles. The lowest BCUT2D eigenvalue weighted by atomic mass is 10.0. The van der Waals surface area contributed by atoms with Crippen molar-refractivity contribution in [2.75, 3.05) is 39.0 Å². The van der Waals surface area contributed by atoms with Gasteiger partial charge in [0.15, 0.2) is 5.96 Å². The first-order valence-corrected chi connectivity index (χ1v) is 7.79. The predicted octanol–water partition coefficient (Wildman–Crippen LogP) is 0.0708. The summed E-state index contributed by atoms with van der Waals surface area (Å²) < 4.78 is 23.8. The van der Waals surface area contributed by atoms with E-state index in [4.69, 9.17) is 0 Å². The van der Waals surface area contributed by atoms with Crippen LogP contribution in [0.2, 0.25) is 0 Å². The van der Waals surface area contributed by atoms with Crippen LogP contribution in [0.25, 0.3) is 0 Å². The Hall–Kier alpha value is -0.0900. The molecule has 0 aromatic rings. The molecule has 1 fully saturated rings. The molecule has 0 spiro atoms.